The highest BCUT2D eigenvalue weighted by atomic mass is 16.5. The van der Waals surface area contributed by atoms with E-state index >= 15 is 0 Å². The number of hydrogen-bond donors (Lipinski definition) is 1. The van der Waals surface area contributed by atoms with Crippen LogP contribution in [0.1, 0.15) is 23.0 Å². The van der Waals surface area contributed by atoms with E-state index in [1.54, 1.807) is 13.8 Å². The van der Waals surface area contributed by atoms with Crippen molar-refractivity contribution >= 4 is 5.97 Å². The summed E-state index contributed by atoms with van der Waals surface area (Å²) in [7, 11) is 0. The summed E-state index contributed by atoms with van der Waals surface area (Å²) in [4.78, 5) is 27.1. The lowest BCUT2D eigenvalue weighted by atomic mass is 10.0. The van der Waals surface area contributed by atoms with Crippen molar-refractivity contribution in [2.45, 2.75) is 13.8 Å². The molecule has 2 rings (SSSR count). The Kier molecular flexibility index (Phi) is 3.80. The topological polar surface area (TPSA) is 59.2 Å². The molecule has 0 aliphatic carbocycles. The highest BCUT2D eigenvalue weighted by Gasteiger charge is 2.17. The molecular formula is C15H15NO3. The fraction of sp³-hybridized carbons (Fsp3) is 0.200. The van der Waals surface area contributed by atoms with Crippen molar-refractivity contribution in [3.05, 3.63) is 58.0 Å². The monoisotopic (exact) mass is 257 g/mol. The maximum absolute atomic E-state index is 12.4. The third-order valence-corrected chi connectivity index (χ3v) is 2.84. The molecule has 0 radical (unpaired) electrons. The zero-order valence-corrected chi connectivity index (χ0v) is 10.9. The van der Waals surface area contributed by atoms with E-state index in [1.165, 1.54) is 6.20 Å². The van der Waals surface area contributed by atoms with Gasteiger partial charge in [-0.15, -0.1) is 0 Å². The van der Waals surface area contributed by atoms with E-state index in [0.29, 0.717) is 5.56 Å². The second-order valence-corrected chi connectivity index (χ2v) is 4.12. The van der Waals surface area contributed by atoms with Crippen molar-refractivity contribution in [2.75, 3.05) is 6.61 Å². The van der Waals surface area contributed by atoms with Gasteiger partial charge >= 0.3 is 5.97 Å². The van der Waals surface area contributed by atoms with E-state index in [2.05, 4.69) is 4.98 Å². The lowest BCUT2D eigenvalue weighted by Crippen LogP contribution is -2.20. The third kappa shape index (κ3) is 2.57. The van der Waals surface area contributed by atoms with Crippen LogP contribution in [0.2, 0.25) is 0 Å². The van der Waals surface area contributed by atoms with Crippen molar-refractivity contribution < 1.29 is 9.53 Å². The van der Waals surface area contributed by atoms with E-state index in [-0.39, 0.29) is 17.6 Å². The van der Waals surface area contributed by atoms with Crippen LogP contribution in [0.4, 0.5) is 0 Å². The van der Waals surface area contributed by atoms with Crippen LogP contribution in [0.25, 0.3) is 11.1 Å². The van der Waals surface area contributed by atoms with Crippen LogP contribution in [0.15, 0.2) is 41.3 Å². The van der Waals surface area contributed by atoms with Crippen molar-refractivity contribution in [3.63, 3.8) is 0 Å². The molecule has 0 aliphatic rings. The average molecular weight is 257 g/mol. The highest BCUT2D eigenvalue weighted by Crippen LogP contribution is 2.18. The Morgan fingerprint density at radius 1 is 1.26 bits per heavy atom. The largest absolute Gasteiger partial charge is 0.462 e. The average Bonchev–Trinajstić information content (AvgIpc) is 2.40. The molecule has 19 heavy (non-hydrogen) atoms. The summed E-state index contributed by atoms with van der Waals surface area (Å²) in [6, 6.07) is 9.26. The van der Waals surface area contributed by atoms with E-state index in [0.717, 1.165) is 11.3 Å². The van der Waals surface area contributed by atoms with Gasteiger partial charge in [0.15, 0.2) is 0 Å². The second kappa shape index (κ2) is 5.52. The summed E-state index contributed by atoms with van der Waals surface area (Å²) in [5.41, 5.74) is 1.75. The van der Waals surface area contributed by atoms with Gasteiger partial charge in [0, 0.05) is 17.5 Å². The summed E-state index contributed by atoms with van der Waals surface area (Å²) >= 11 is 0. The number of aryl methyl sites for hydroxylation is 1. The van der Waals surface area contributed by atoms with Crippen LogP contribution >= 0.6 is 0 Å². The predicted octanol–water partition coefficient (Wildman–Crippen LogP) is 2.53. The Labute approximate surface area is 111 Å². The van der Waals surface area contributed by atoms with Crippen molar-refractivity contribution in [1.29, 1.82) is 0 Å². The molecule has 2 aromatic rings. The standard InChI is InChI=1S/C15H15NO3/c1-3-19-15(18)12-9-16-10(2)13(14(12)17)11-7-5-4-6-8-11/h4-9H,3H2,1-2H3,(H,16,17). The molecule has 0 unspecified atom stereocenters. The summed E-state index contributed by atoms with van der Waals surface area (Å²) in [5, 5.41) is 0. The van der Waals surface area contributed by atoms with Crippen molar-refractivity contribution in [2.24, 2.45) is 0 Å². The van der Waals surface area contributed by atoms with Gasteiger partial charge in [-0.1, -0.05) is 30.3 Å². The van der Waals surface area contributed by atoms with Crippen molar-refractivity contribution in [1.82, 2.24) is 4.98 Å². The molecule has 1 N–H and O–H groups in total. The smallest absolute Gasteiger partial charge is 0.343 e. The first-order chi connectivity index (χ1) is 9.15. The number of carbonyl (C=O) groups is 1. The van der Waals surface area contributed by atoms with Crippen LogP contribution in [0.5, 0.6) is 0 Å². The van der Waals surface area contributed by atoms with Gasteiger partial charge < -0.3 is 9.72 Å². The van der Waals surface area contributed by atoms with Crippen LogP contribution in [0.3, 0.4) is 0 Å². The number of nitrogens with one attached hydrogen (secondary N) is 1. The Hall–Kier alpha value is -2.36. The van der Waals surface area contributed by atoms with Crippen LogP contribution in [-0.4, -0.2) is 17.6 Å². The number of esters is 1. The van der Waals surface area contributed by atoms with Gasteiger partial charge in [-0.3, -0.25) is 4.79 Å². The molecule has 0 amide bonds. The normalized spacial score (nSPS) is 10.2. The SMILES string of the molecule is CCOC(=O)c1c[nH]c(C)c(-c2ccccc2)c1=O. The minimum absolute atomic E-state index is 0.0336. The van der Waals surface area contributed by atoms with Gasteiger partial charge in [0.1, 0.15) is 5.56 Å². The first-order valence-electron chi connectivity index (χ1n) is 6.10. The third-order valence-electron chi connectivity index (χ3n) is 2.84. The number of ether oxygens (including phenoxy) is 1. The summed E-state index contributed by atoms with van der Waals surface area (Å²) < 4.78 is 4.88. The van der Waals surface area contributed by atoms with Gasteiger partial charge in [-0.05, 0) is 19.4 Å². The molecular weight excluding hydrogens is 242 g/mol. The molecule has 1 aromatic carbocycles. The van der Waals surface area contributed by atoms with E-state index in [1.807, 2.05) is 30.3 Å². The number of aromatic nitrogens is 1. The maximum Gasteiger partial charge on any atom is 0.343 e. The van der Waals surface area contributed by atoms with Gasteiger partial charge in [-0.25, -0.2) is 4.79 Å². The zero-order valence-electron chi connectivity index (χ0n) is 10.9. The minimum atomic E-state index is -0.596. The fourth-order valence-corrected chi connectivity index (χ4v) is 1.94. The Morgan fingerprint density at radius 2 is 1.95 bits per heavy atom. The van der Waals surface area contributed by atoms with Gasteiger partial charge in [0.25, 0.3) is 0 Å². The molecule has 1 heterocycles. The molecule has 0 aliphatic heterocycles. The molecule has 4 nitrogen and oxygen atoms in total. The van der Waals surface area contributed by atoms with E-state index < -0.39 is 5.97 Å². The van der Waals surface area contributed by atoms with Crippen LogP contribution in [0, 0.1) is 6.92 Å². The van der Waals surface area contributed by atoms with Gasteiger partial charge in [0.05, 0.1) is 6.61 Å². The molecule has 0 saturated carbocycles. The summed E-state index contributed by atoms with van der Waals surface area (Å²) in [5.74, 6) is -0.596. The Balaban J connectivity index is 2.59. The second-order valence-electron chi connectivity index (χ2n) is 4.12. The zero-order chi connectivity index (χ0) is 13.8. The number of rotatable bonds is 3. The fourth-order valence-electron chi connectivity index (χ4n) is 1.94. The van der Waals surface area contributed by atoms with Crippen LogP contribution in [-0.2, 0) is 4.74 Å². The summed E-state index contributed by atoms with van der Waals surface area (Å²) in [6.45, 7) is 3.75. The first kappa shape index (κ1) is 13.1. The molecule has 0 atom stereocenters. The van der Waals surface area contributed by atoms with Gasteiger partial charge in [-0.2, -0.15) is 0 Å². The molecule has 0 saturated heterocycles. The van der Waals surface area contributed by atoms with Gasteiger partial charge in [0.2, 0.25) is 5.43 Å². The molecule has 0 spiro atoms. The van der Waals surface area contributed by atoms with Crippen LogP contribution < -0.4 is 5.43 Å². The molecule has 0 fully saturated rings. The molecule has 98 valence electrons. The Bertz CT molecular complexity index is 644. The minimum Gasteiger partial charge on any atom is -0.462 e. The Morgan fingerprint density at radius 3 is 2.58 bits per heavy atom. The number of benzene rings is 1. The quantitative estimate of drug-likeness (QED) is 0.859. The highest BCUT2D eigenvalue weighted by molar-refractivity contribution is 5.90. The van der Waals surface area contributed by atoms with E-state index in [4.69, 9.17) is 4.74 Å². The molecule has 0 bridgehead atoms. The molecule has 1 aromatic heterocycles. The number of H-pyrrole nitrogens is 1. The number of aromatic amines is 1. The maximum atomic E-state index is 12.4. The lowest BCUT2D eigenvalue weighted by molar-refractivity contribution is 0.0524. The summed E-state index contributed by atoms with van der Waals surface area (Å²) in [6.07, 6.45) is 1.40. The number of hydrogen-bond acceptors (Lipinski definition) is 3. The van der Waals surface area contributed by atoms with E-state index in [9.17, 15) is 9.59 Å². The molecule has 4 heteroatoms. The predicted molar refractivity (Wildman–Crippen MR) is 73.2 cm³/mol. The van der Waals surface area contributed by atoms with Crippen molar-refractivity contribution in [3.8, 4) is 11.1 Å². The lowest BCUT2D eigenvalue weighted by Gasteiger charge is -2.08. The first-order valence-corrected chi connectivity index (χ1v) is 6.10. The number of pyridine rings is 1. The number of carbonyl (C=O) groups excluding carboxylic acids is 1.